The Labute approximate surface area is 193 Å². The van der Waals surface area contributed by atoms with Crippen molar-refractivity contribution < 1.29 is 13.2 Å². The largest absolute Gasteiger partial charge is 0.362 e. The summed E-state index contributed by atoms with van der Waals surface area (Å²) in [4.78, 5) is 11.2. The van der Waals surface area contributed by atoms with Crippen molar-refractivity contribution in [3.63, 3.8) is 0 Å². The molecule has 1 saturated heterocycles. The molecule has 2 fully saturated rings. The Kier molecular flexibility index (Phi) is 4.24. The molecule has 2 aromatic carbocycles. The molecule has 3 aromatic heterocycles. The van der Waals surface area contributed by atoms with Crippen molar-refractivity contribution in [2.75, 3.05) is 6.54 Å². The molecule has 1 aliphatic carbocycles. The molecule has 4 heterocycles. The minimum absolute atomic E-state index is 0.328. The average Bonchev–Trinajstić information content (AvgIpc) is 3.09. The summed E-state index contributed by atoms with van der Waals surface area (Å²) in [7, 11) is 0. The Morgan fingerprint density at radius 1 is 1.00 bits per heavy atom. The van der Waals surface area contributed by atoms with Gasteiger partial charge in [0.05, 0.1) is 16.7 Å². The first-order valence-electron chi connectivity index (χ1n) is 11.6. The minimum atomic E-state index is -0.344. The SMILES string of the molecule is Fc1c[nH]c(Cc2c(-c3nc4cc(F)ccc4n3CC3NCC4CC43)[nH]c3cc(F)ccc23)c1. The number of rotatable bonds is 5. The zero-order chi connectivity index (χ0) is 23.0. The number of fused-ring (bicyclic) bond motifs is 3. The minimum Gasteiger partial charge on any atom is -0.362 e. The molecule has 0 radical (unpaired) electrons. The number of benzene rings is 2. The summed E-state index contributed by atoms with van der Waals surface area (Å²) < 4.78 is 44.0. The Hall–Kier alpha value is -3.52. The second kappa shape index (κ2) is 7.24. The van der Waals surface area contributed by atoms with Crippen molar-refractivity contribution in [2.24, 2.45) is 11.8 Å². The highest BCUT2D eigenvalue weighted by Crippen LogP contribution is 2.46. The lowest BCUT2D eigenvalue weighted by molar-refractivity contribution is 0.468. The second-order valence-electron chi connectivity index (χ2n) is 9.54. The molecule has 3 unspecified atom stereocenters. The van der Waals surface area contributed by atoms with E-state index in [4.69, 9.17) is 4.98 Å². The molecule has 34 heavy (non-hydrogen) atoms. The summed E-state index contributed by atoms with van der Waals surface area (Å²) in [5, 5.41) is 4.46. The number of hydrogen-bond acceptors (Lipinski definition) is 2. The molecule has 3 N–H and O–H groups in total. The van der Waals surface area contributed by atoms with Crippen LogP contribution < -0.4 is 5.32 Å². The van der Waals surface area contributed by atoms with Crippen LogP contribution in [0, 0.1) is 29.3 Å². The first-order valence-corrected chi connectivity index (χ1v) is 11.6. The number of aromatic nitrogens is 4. The predicted octanol–water partition coefficient (Wildman–Crippen LogP) is 5.13. The van der Waals surface area contributed by atoms with Crippen LogP contribution in [0.3, 0.4) is 0 Å². The molecular weight excluding hydrogens is 439 g/mol. The summed E-state index contributed by atoms with van der Waals surface area (Å²) in [6.07, 6.45) is 2.97. The first kappa shape index (κ1) is 19.9. The highest BCUT2D eigenvalue weighted by molar-refractivity contribution is 5.92. The van der Waals surface area contributed by atoms with E-state index in [1.165, 1.54) is 42.9 Å². The standard InChI is InChI=1S/C26H22F3N5/c27-14-1-3-18-20(9-17-6-16(29)11-30-17)25(32-21(18)7-14)26-33-22-8-15(28)2-4-24(22)34(26)12-23-19-5-13(19)10-31-23/h1-4,6-8,11,13,19,23,30-32H,5,9-10,12H2. The Morgan fingerprint density at radius 2 is 1.85 bits per heavy atom. The fourth-order valence-electron chi connectivity index (χ4n) is 5.63. The molecule has 8 heteroatoms. The third-order valence-corrected chi connectivity index (χ3v) is 7.39. The van der Waals surface area contributed by atoms with Gasteiger partial charge in [-0.2, -0.15) is 0 Å². The average molecular weight is 461 g/mol. The number of piperidine rings is 1. The van der Waals surface area contributed by atoms with Gasteiger partial charge in [-0.15, -0.1) is 0 Å². The summed E-state index contributed by atoms with van der Waals surface area (Å²) in [5.41, 5.74) is 4.39. The Bertz CT molecular complexity index is 1560. The molecule has 1 aliphatic heterocycles. The van der Waals surface area contributed by atoms with Gasteiger partial charge in [0.15, 0.2) is 5.82 Å². The van der Waals surface area contributed by atoms with E-state index >= 15 is 0 Å². The lowest BCUT2D eigenvalue weighted by Gasteiger charge is -2.17. The molecule has 0 amide bonds. The zero-order valence-electron chi connectivity index (χ0n) is 18.2. The fourth-order valence-corrected chi connectivity index (χ4v) is 5.63. The van der Waals surface area contributed by atoms with E-state index in [-0.39, 0.29) is 17.5 Å². The van der Waals surface area contributed by atoms with Crippen molar-refractivity contribution in [3.8, 4) is 11.5 Å². The number of nitrogens with zero attached hydrogens (tertiary/aromatic N) is 2. The topological polar surface area (TPSA) is 61.4 Å². The first-order chi connectivity index (χ1) is 16.5. The van der Waals surface area contributed by atoms with Crippen LogP contribution in [0.2, 0.25) is 0 Å². The molecule has 5 nitrogen and oxygen atoms in total. The highest BCUT2D eigenvalue weighted by Gasteiger charge is 2.48. The van der Waals surface area contributed by atoms with Gasteiger partial charge in [-0.05, 0) is 66.8 Å². The number of aromatic amines is 2. The third-order valence-electron chi connectivity index (χ3n) is 7.39. The van der Waals surface area contributed by atoms with Crippen LogP contribution in [0.5, 0.6) is 0 Å². The second-order valence-corrected chi connectivity index (χ2v) is 9.54. The van der Waals surface area contributed by atoms with E-state index in [1.54, 1.807) is 12.1 Å². The van der Waals surface area contributed by atoms with Gasteiger partial charge in [0.25, 0.3) is 0 Å². The molecule has 5 aromatic rings. The van der Waals surface area contributed by atoms with Gasteiger partial charge in [0.1, 0.15) is 17.5 Å². The maximum atomic E-state index is 14.1. The molecule has 0 spiro atoms. The maximum Gasteiger partial charge on any atom is 0.158 e. The Morgan fingerprint density at radius 3 is 2.62 bits per heavy atom. The van der Waals surface area contributed by atoms with Gasteiger partial charge in [-0.3, -0.25) is 0 Å². The van der Waals surface area contributed by atoms with Gasteiger partial charge < -0.3 is 19.9 Å². The van der Waals surface area contributed by atoms with Gasteiger partial charge in [0.2, 0.25) is 0 Å². The quantitative estimate of drug-likeness (QED) is 0.340. The molecular formula is C26H22F3N5. The lowest BCUT2D eigenvalue weighted by Crippen LogP contribution is -2.31. The monoisotopic (exact) mass is 461 g/mol. The van der Waals surface area contributed by atoms with Crippen LogP contribution in [-0.2, 0) is 13.0 Å². The van der Waals surface area contributed by atoms with Gasteiger partial charge in [-0.25, -0.2) is 18.2 Å². The van der Waals surface area contributed by atoms with Crippen molar-refractivity contribution in [2.45, 2.75) is 25.4 Å². The smallest absolute Gasteiger partial charge is 0.158 e. The van der Waals surface area contributed by atoms with Gasteiger partial charge >= 0.3 is 0 Å². The van der Waals surface area contributed by atoms with Crippen molar-refractivity contribution >= 4 is 21.9 Å². The molecule has 172 valence electrons. The normalized spacial score (nSPS) is 21.6. The summed E-state index contributed by atoms with van der Waals surface area (Å²) in [5.74, 6) is 1.05. The van der Waals surface area contributed by atoms with Crippen LogP contribution in [-0.4, -0.2) is 32.1 Å². The van der Waals surface area contributed by atoms with E-state index in [0.29, 0.717) is 47.5 Å². The van der Waals surface area contributed by atoms with Gasteiger partial charge in [-0.1, -0.05) is 0 Å². The highest BCUT2D eigenvalue weighted by atomic mass is 19.1. The van der Waals surface area contributed by atoms with Crippen LogP contribution in [0.1, 0.15) is 17.7 Å². The molecule has 0 bridgehead atoms. The van der Waals surface area contributed by atoms with E-state index in [1.807, 2.05) is 0 Å². The lowest BCUT2D eigenvalue weighted by atomic mass is 10.0. The van der Waals surface area contributed by atoms with E-state index in [2.05, 4.69) is 19.9 Å². The molecule has 3 atom stereocenters. The Balaban J connectivity index is 1.43. The number of H-pyrrole nitrogens is 2. The number of nitrogens with one attached hydrogen (secondary N) is 3. The maximum absolute atomic E-state index is 14.1. The van der Waals surface area contributed by atoms with Crippen LogP contribution in [0.25, 0.3) is 33.5 Å². The fraction of sp³-hybridized carbons (Fsp3) is 0.269. The third kappa shape index (κ3) is 3.16. The van der Waals surface area contributed by atoms with Crippen LogP contribution >= 0.6 is 0 Å². The number of halogens is 3. The number of hydrogen-bond donors (Lipinski definition) is 3. The summed E-state index contributed by atoms with van der Waals surface area (Å²) >= 11 is 0. The number of imidazole rings is 1. The molecule has 1 saturated carbocycles. The van der Waals surface area contributed by atoms with Crippen LogP contribution in [0.15, 0.2) is 48.7 Å². The van der Waals surface area contributed by atoms with Crippen molar-refractivity contribution in [1.29, 1.82) is 0 Å². The molecule has 7 rings (SSSR count). The van der Waals surface area contributed by atoms with Gasteiger partial charge in [0, 0.05) is 47.9 Å². The predicted molar refractivity (Wildman–Crippen MR) is 124 cm³/mol. The van der Waals surface area contributed by atoms with Crippen molar-refractivity contribution in [3.05, 3.63) is 77.4 Å². The van der Waals surface area contributed by atoms with Crippen molar-refractivity contribution in [1.82, 2.24) is 24.8 Å². The zero-order valence-corrected chi connectivity index (χ0v) is 18.2. The van der Waals surface area contributed by atoms with E-state index < -0.39 is 0 Å². The van der Waals surface area contributed by atoms with E-state index in [9.17, 15) is 13.2 Å². The van der Waals surface area contributed by atoms with Crippen LogP contribution in [0.4, 0.5) is 13.2 Å². The molecule has 2 aliphatic rings. The summed E-state index contributed by atoms with van der Waals surface area (Å²) in [6.45, 7) is 1.74. The van der Waals surface area contributed by atoms with E-state index in [0.717, 1.165) is 34.6 Å². The summed E-state index contributed by atoms with van der Waals surface area (Å²) in [6, 6.07) is 11.1.